The van der Waals surface area contributed by atoms with Crippen molar-refractivity contribution in [1.29, 1.82) is 0 Å². The van der Waals surface area contributed by atoms with Crippen LogP contribution in [0.2, 0.25) is 5.02 Å². The van der Waals surface area contributed by atoms with E-state index in [-0.39, 0.29) is 10.7 Å². The van der Waals surface area contributed by atoms with Gasteiger partial charge in [-0.25, -0.2) is 8.42 Å². The molecule has 3 aromatic rings. The third kappa shape index (κ3) is 3.85. The summed E-state index contributed by atoms with van der Waals surface area (Å²) in [4.78, 5) is 0.152. The van der Waals surface area contributed by atoms with E-state index < -0.39 is 10.0 Å². The Hall–Kier alpha value is -2.32. The largest absolute Gasteiger partial charge is 0.269 e. The van der Waals surface area contributed by atoms with Gasteiger partial charge in [-0.3, -0.25) is 14.1 Å². The molecule has 1 aromatic carbocycles. The Bertz CT molecular complexity index is 994. The Morgan fingerprint density at radius 3 is 2.76 bits per heavy atom. The zero-order valence-electron chi connectivity index (χ0n) is 13.8. The van der Waals surface area contributed by atoms with Crippen LogP contribution < -0.4 is 4.72 Å². The normalized spacial score (nSPS) is 11.6. The van der Waals surface area contributed by atoms with Crippen LogP contribution in [0.25, 0.3) is 0 Å². The van der Waals surface area contributed by atoms with E-state index in [2.05, 4.69) is 14.9 Å². The molecular formula is C16H18ClN5O2S. The molecule has 0 saturated carbocycles. The lowest BCUT2D eigenvalue weighted by atomic mass is 10.2. The Labute approximate surface area is 151 Å². The average molecular weight is 380 g/mol. The monoisotopic (exact) mass is 379 g/mol. The number of nitrogens with zero attached hydrogens (tertiary/aromatic N) is 4. The van der Waals surface area contributed by atoms with Gasteiger partial charge in [0.1, 0.15) is 4.90 Å². The second-order valence-corrected chi connectivity index (χ2v) is 7.63. The second-order valence-electron chi connectivity index (χ2n) is 5.54. The maximum atomic E-state index is 12.5. The molecule has 1 N–H and O–H groups in total. The molecule has 7 nitrogen and oxygen atoms in total. The van der Waals surface area contributed by atoms with Crippen molar-refractivity contribution in [1.82, 2.24) is 19.6 Å². The third-order valence-corrected chi connectivity index (χ3v) is 5.45. The summed E-state index contributed by atoms with van der Waals surface area (Å²) in [7, 11) is -3.73. The molecule has 0 aliphatic rings. The summed E-state index contributed by atoms with van der Waals surface area (Å²) in [5, 5.41) is 8.98. The van der Waals surface area contributed by atoms with Gasteiger partial charge < -0.3 is 0 Å². The van der Waals surface area contributed by atoms with Crippen molar-refractivity contribution in [3.8, 4) is 0 Å². The molecule has 0 bridgehead atoms. The average Bonchev–Trinajstić information content (AvgIpc) is 3.13. The van der Waals surface area contributed by atoms with E-state index in [9.17, 15) is 8.42 Å². The second kappa shape index (κ2) is 6.89. The van der Waals surface area contributed by atoms with Crippen LogP contribution in [0.5, 0.6) is 0 Å². The highest BCUT2D eigenvalue weighted by Gasteiger charge is 2.21. The molecule has 132 valence electrons. The van der Waals surface area contributed by atoms with Gasteiger partial charge in [-0.1, -0.05) is 23.7 Å². The van der Waals surface area contributed by atoms with Gasteiger partial charge in [0.15, 0.2) is 5.82 Å². The van der Waals surface area contributed by atoms with Crippen LogP contribution in [-0.2, 0) is 23.1 Å². The van der Waals surface area contributed by atoms with Crippen LogP contribution in [0, 0.1) is 6.92 Å². The molecular weight excluding hydrogens is 362 g/mol. The van der Waals surface area contributed by atoms with Crippen molar-refractivity contribution in [3.63, 3.8) is 0 Å². The van der Waals surface area contributed by atoms with E-state index >= 15 is 0 Å². The quantitative estimate of drug-likeness (QED) is 0.713. The first-order valence-corrected chi connectivity index (χ1v) is 9.58. The molecule has 2 heterocycles. The lowest BCUT2D eigenvalue weighted by molar-refractivity contribution is 0.598. The van der Waals surface area contributed by atoms with Crippen LogP contribution in [0.3, 0.4) is 0 Å². The van der Waals surface area contributed by atoms with Crippen LogP contribution in [0.1, 0.15) is 18.2 Å². The SMILES string of the molecule is CCn1ncc(S(=O)(=O)Nc2ccn(Cc3cccc(Cl)c3)n2)c1C. The highest BCUT2D eigenvalue weighted by molar-refractivity contribution is 7.92. The van der Waals surface area contributed by atoms with E-state index in [0.717, 1.165) is 5.56 Å². The molecule has 3 rings (SSSR count). The van der Waals surface area contributed by atoms with Crippen molar-refractivity contribution < 1.29 is 8.42 Å². The van der Waals surface area contributed by atoms with Crippen LogP contribution in [0.15, 0.2) is 47.6 Å². The maximum absolute atomic E-state index is 12.5. The minimum absolute atomic E-state index is 0.152. The van der Waals surface area contributed by atoms with E-state index in [1.54, 1.807) is 34.6 Å². The molecule has 0 radical (unpaired) electrons. The molecule has 0 fully saturated rings. The van der Waals surface area contributed by atoms with Gasteiger partial charge in [-0.05, 0) is 31.5 Å². The zero-order chi connectivity index (χ0) is 18.0. The minimum Gasteiger partial charge on any atom is -0.269 e. The summed E-state index contributed by atoms with van der Waals surface area (Å²) in [5.41, 5.74) is 1.57. The summed E-state index contributed by atoms with van der Waals surface area (Å²) in [6.07, 6.45) is 3.06. The van der Waals surface area contributed by atoms with Gasteiger partial charge in [0.2, 0.25) is 0 Å². The number of sulfonamides is 1. The molecule has 0 aliphatic heterocycles. The summed E-state index contributed by atoms with van der Waals surface area (Å²) in [5.74, 6) is 0.255. The molecule has 0 spiro atoms. The van der Waals surface area contributed by atoms with Crippen LogP contribution >= 0.6 is 11.6 Å². The number of nitrogens with one attached hydrogen (secondary N) is 1. The Morgan fingerprint density at radius 1 is 1.28 bits per heavy atom. The lowest BCUT2D eigenvalue weighted by Gasteiger charge is -2.06. The summed E-state index contributed by atoms with van der Waals surface area (Å²) < 4.78 is 30.8. The first-order valence-electron chi connectivity index (χ1n) is 7.72. The lowest BCUT2D eigenvalue weighted by Crippen LogP contribution is -2.15. The minimum atomic E-state index is -3.73. The number of rotatable bonds is 6. The molecule has 0 amide bonds. The van der Waals surface area contributed by atoms with Gasteiger partial charge in [-0.15, -0.1) is 0 Å². The zero-order valence-corrected chi connectivity index (χ0v) is 15.4. The third-order valence-electron chi connectivity index (χ3n) is 3.76. The van der Waals surface area contributed by atoms with Crippen molar-refractivity contribution in [2.75, 3.05) is 4.72 Å². The molecule has 2 aromatic heterocycles. The van der Waals surface area contributed by atoms with E-state index in [4.69, 9.17) is 11.6 Å². The fraction of sp³-hybridized carbons (Fsp3) is 0.250. The fourth-order valence-electron chi connectivity index (χ4n) is 2.53. The van der Waals surface area contributed by atoms with Crippen molar-refractivity contribution >= 4 is 27.4 Å². The predicted octanol–water partition coefficient (Wildman–Crippen LogP) is 2.91. The van der Waals surface area contributed by atoms with E-state index in [1.807, 2.05) is 25.1 Å². The van der Waals surface area contributed by atoms with Crippen LogP contribution in [0.4, 0.5) is 5.82 Å². The number of aryl methyl sites for hydroxylation is 1. The smallest absolute Gasteiger partial charge is 0.266 e. The highest BCUT2D eigenvalue weighted by Crippen LogP contribution is 2.18. The molecule has 0 saturated heterocycles. The standard InChI is InChI=1S/C16H18ClN5O2S/c1-3-22-12(2)15(10-18-22)25(23,24)20-16-7-8-21(19-16)11-13-5-4-6-14(17)9-13/h4-10H,3,11H2,1-2H3,(H,19,20). The van der Waals surface area contributed by atoms with Crippen molar-refractivity contribution in [2.45, 2.75) is 31.8 Å². The summed E-state index contributed by atoms with van der Waals surface area (Å²) in [6.45, 7) is 4.73. The topological polar surface area (TPSA) is 81.8 Å². The molecule has 0 unspecified atom stereocenters. The van der Waals surface area contributed by atoms with E-state index in [1.165, 1.54) is 6.20 Å². The van der Waals surface area contributed by atoms with Crippen molar-refractivity contribution in [3.05, 3.63) is 59.0 Å². The number of aromatic nitrogens is 4. The number of anilines is 1. The van der Waals surface area contributed by atoms with Gasteiger partial charge in [0.05, 0.1) is 18.4 Å². The fourth-order valence-corrected chi connectivity index (χ4v) is 3.92. The number of hydrogen-bond donors (Lipinski definition) is 1. The first-order chi connectivity index (χ1) is 11.9. The number of hydrogen-bond acceptors (Lipinski definition) is 4. The van der Waals surface area contributed by atoms with E-state index in [0.29, 0.717) is 23.8 Å². The van der Waals surface area contributed by atoms with Crippen LogP contribution in [-0.4, -0.2) is 28.0 Å². The predicted molar refractivity (Wildman–Crippen MR) is 96.2 cm³/mol. The molecule has 0 aliphatic carbocycles. The molecule has 9 heteroatoms. The number of halogens is 1. The summed E-state index contributed by atoms with van der Waals surface area (Å²) >= 11 is 5.97. The Balaban J connectivity index is 1.77. The highest BCUT2D eigenvalue weighted by atomic mass is 35.5. The maximum Gasteiger partial charge on any atom is 0.266 e. The Morgan fingerprint density at radius 2 is 2.08 bits per heavy atom. The first kappa shape index (κ1) is 17.5. The molecule has 0 atom stereocenters. The Kier molecular flexibility index (Phi) is 4.82. The van der Waals surface area contributed by atoms with Crippen molar-refractivity contribution in [2.24, 2.45) is 0 Å². The van der Waals surface area contributed by atoms with Gasteiger partial charge >= 0.3 is 0 Å². The van der Waals surface area contributed by atoms with Gasteiger partial charge in [-0.2, -0.15) is 10.2 Å². The van der Waals surface area contributed by atoms with Gasteiger partial charge in [0.25, 0.3) is 10.0 Å². The van der Waals surface area contributed by atoms with Gasteiger partial charge in [0, 0.05) is 23.8 Å². The molecule has 25 heavy (non-hydrogen) atoms. The number of benzene rings is 1. The summed E-state index contributed by atoms with van der Waals surface area (Å²) in [6, 6.07) is 9.04.